The highest BCUT2D eigenvalue weighted by Gasteiger charge is 2.31. The van der Waals surface area contributed by atoms with Gasteiger partial charge in [0, 0.05) is 24.9 Å². The quantitative estimate of drug-likeness (QED) is 0.927. The van der Waals surface area contributed by atoms with Crippen molar-refractivity contribution in [3.8, 4) is 0 Å². The van der Waals surface area contributed by atoms with Crippen molar-refractivity contribution in [3.05, 3.63) is 42.2 Å². The third-order valence-electron chi connectivity index (χ3n) is 4.73. The predicted octanol–water partition coefficient (Wildman–Crippen LogP) is 3.86. The SMILES string of the molecule is COC(C1CCCCC1)C(O)c1cccc2cnccc12. The minimum absolute atomic E-state index is 0.121. The van der Waals surface area contributed by atoms with Gasteiger partial charge in [-0.15, -0.1) is 0 Å². The van der Waals surface area contributed by atoms with Gasteiger partial charge in [-0.2, -0.15) is 0 Å². The molecule has 1 fully saturated rings. The number of nitrogens with zero attached hydrogens (tertiary/aromatic N) is 1. The van der Waals surface area contributed by atoms with Gasteiger partial charge in [-0.05, 0) is 35.8 Å². The molecule has 3 nitrogen and oxygen atoms in total. The number of fused-ring (bicyclic) bond motifs is 1. The number of rotatable bonds is 4. The maximum atomic E-state index is 10.9. The molecule has 1 N–H and O–H groups in total. The molecule has 0 spiro atoms. The average Bonchev–Trinajstić information content (AvgIpc) is 2.56. The van der Waals surface area contributed by atoms with Crippen LogP contribution in [0.1, 0.15) is 43.8 Å². The Labute approximate surface area is 126 Å². The molecule has 0 radical (unpaired) electrons. The molecule has 1 aromatic carbocycles. The van der Waals surface area contributed by atoms with Crippen molar-refractivity contribution in [2.75, 3.05) is 7.11 Å². The van der Waals surface area contributed by atoms with E-state index in [-0.39, 0.29) is 6.10 Å². The summed E-state index contributed by atoms with van der Waals surface area (Å²) in [6, 6.07) is 7.99. The van der Waals surface area contributed by atoms with Gasteiger partial charge in [-0.25, -0.2) is 0 Å². The number of hydrogen-bond donors (Lipinski definition) is 1. The molecule has 1 aliphatic rings. The zero-order valence-corrected chi connectivity index (χ0v) is 12.5. The molecule has 1 saturated carbocycles. The lowest BCUT2D eigenvalue weighted by Gasteiger charge is -2.33. The molecular weight excluding hydrogens is 262 g/mol. The standard InChI is InChI=1S/C18H23NO2/c1-21-18(13-6-3-2-4-7-13)17(20)16-9-5-8-14-12-19-11-10-15(14)16/h5,8-13,17-18,20H,2-4,6-7H2,1H3. The second kappa shape index (κ2) is 6.54. The normalized spacial score (nSPS) is 19.5. The number of aliphatic hydroxyl groups is 1. The Kier molecular flexibility index (Phi) is 4.51. The van der Waals surface area contributed by atoms with E-state index in [1.165, 1.54) is 19.3 Å². The largest absolute Gasteiger partial charge is 0.386 e. The fourth-order valence-corrected chi connectivity index (χ4v) is 3.62. The smallest absolute Gasteiger partial charge is 0.106 e. The zero-order valence-electron chi connectivity index (χ0n) is 12.5. The molecule has 3 heteroatoms. The third-order valence-corrected chi connectivity index (χ3v) is 4.73. The van der Waals surface area contributed by atoms with E-state index >= 15 is 0 Å². The van der Waals surface area contributed by atoms with Crippen LogP contribution in [0.15, 0.2) is 36.7 Å². The van der Waals surface area contributed by atoms with Gasteiger partial charge in [-0.1, -0.05) is 37.5 Å². The topological polar surface area (TPSA) is 42.4 Å². The fraction of sp³-hybridized carbons (Fsp3) is 0.500. The molecule has 0 aliphatic heterocycles. The van der Waals surface area contributed by atoms with Crippen LogP contribution >= 0.6 is 0 Å². The molecule has 0 saturated heterocycles. The van der Waals surface area contributed by atoms with Crippen LogP contribution < -0.4 is 0 Å². The minimum atomic E-state index is -0.579. The van der Waals surface area contributed by atoms with Crippen LogP contribution in [-0.2, 0) is 4.74 Å². The lowest BCUT2D eigenvalue weighted by Crippen LogP contribution is -2.31. The van der Waals surface area contributed by atoms with Gasteiger partial charge in [0.05, 0.1) is 6.10 Å². The summed E-state index contributed by atoms with van der Waals surface area (Å²) < 4.78 is 5.69. The molecule has 112 valence electrons. The van der Waals surface area contributed by atoms with Crippen LogP contribution in [0.4, 0.5) is 0 Å². The van der Waals surface area contributed by atoms with Gasteiger partial charge in [0.25, 0.3) is 0 Å². The molecule has 0 bridgehead atoms. The summed E-state index contributed by atoms with van der Waals surface area (Å²) in [5.74, 6) is 0.454. The molecule has 21 heavy (non-hydrogen) atoms. The molecule has 0 amide bonds. The third kappa shape index (κ3) is 2.94. The van der Waals surface area contributed by atoms with Crippen molar-refractivity contribution in [2.45, 2.75) is 44.3 Å². The lowest BCUT2D eigenvalue weighted by atomic mass is 9.81. The fourth-order valence-electron chi connectivity index (χ4n) is 3.62. The highest BCUT2D eigenvalue weighted by molar-refractivity contribution is 5.85. The number of methoxy groups -OCH3 is 1. The summed E-state index contributed by atoms with van der Waals surface area (Å²) in [7, 11) is 1.72. The van der Waals surface area contributed by atoms with Gasteiger partial charge >= 0.3 is 0 Å². The van der Waals surface area contributed by atoms with Crippen molar-refractivity contribution >= 4 is 10.8 Å². The van der Waals surface area contributed by atoms with Gasteiger partial charge in [0.1, 0.15) is 6.10 Å². The summed E-state index contributed by atoms with van der Waals surface area (Å²) in [5, 5.41) is 13.0. The maximum Gasteiger partial charge on any atom is 0.106 e. The number of aliphatic hydroxyl groups excluding tert-OH is 1. The lowest BCUT2D eigenvalue weighted by molar-refractivity contribution is -0.0553. The highest BCUT2D eigenvalue weighted by atomic mass is 16.5. The monoisotopic (exact) mass is 285 g/mol. The number of benzene rings is 1. The molecule has 2 aromatic rings. The molecule has 1 heterocycles. The Morgan fingerprint density at radius 1 is 1.19 bits per heavy atom. The van der Waals surface area contributed by atoms with Gasteiger partial charge < -0.3 is 9.84 Å². The molecule has 1 aliphatic carbocycles. The number of pyridine rings is 1. The van der Waals surface area contributed by atoms with Crippen LogP contribution in [0.3, 0.4) is 0 Å². The van der Waals surface area contributed by atoms with Crippen LogP contribution in [0.25, 0.3) is 10.8 Å². The highest BCUT2D eigenvalue weighted by Crippen LogP contribution is 2.36. The van der Waals surface area contributed by atoms with Crippen LogP contribution in [-0.4, -0.2) is 23.3 Å². The van der Waals surface area contributed by atoms with Gasteiger partial charge in [0.15, 0.2) is 0 Å². The van der Waals surface area contributed by atoms with Crippen molar-refractivity contribution in [1.29, 1.82) is 0 Å². The van der Waals surface area contributed by atoms with E-state index in [0.717, 1.165) is 29.2 Å². The second-order valence-corrected chi connectivity index (χ2v) is 5.99. The maximum absolute atomic E-state index is 10.9. The summed E-state index contributed by atoms with van der Waals surface area (Å²) >= 11 is 0. The van der Waals surface area contributed by atoms with Crippen molar-refractivity contribution in [1.82, 2.24) is 4.98 Å². The first-order valence-electron chi connectivity index (χ1n) is 7.85. The average molecular weight is 285 g/mol. The number of hydrogen-bond acceptors (Lipinski definition) is 3. The Morgan fingerprint density at radius 2 is 2.00 bits per heavy atom. The Balaban J connectivity index is 1.92. The first kappa shape index (κ1) is 14.5. The number of ether oxygens (including phenoxy) is 1. The summed E-state index contributed by atoms with van der Waals surface area (Å²) in [5.41, 5.74) is 0.951. The molecular formula is C18H23NO2. The molecule has 2 atom stereocenters. The van der Waals surface area contributed by atoms with E-state index in [1.807, 2.05) is 30.5 Å². The first-order chi connectivity index (χ1) is 10.3. The van der Waals surface area contributed by atoms with E-state index in [9.17, 15) is 5.11 Å². The molecule has 3 rings (SSSR count). The predicted molar refractivity (Wildman–Crippen MR) is 84.1 cm³/mol. The van der Waals surface area contributed by atoms with Crippen molar-refractivity contribution < 1.29 is 9.84 Å². The number of aromatic nitrogens is 1. The van der Waals surface area contributed by atoms with E-state index in [4.69, 9.17) is 4.74 Å². The Bertz CT molecular complexity index is 587. The van der Waals surface area contributed by atoms with Crippen molar-refractivity contribution in [3.63, 3.8) is 0 Å². The second-order valence-electron chi connectivity index (χ2n) is 5.99. The van der Waals surface area contributed by atoms with Crippen LogP contribution in [0.5, 0.6) is 0 Å². The first-order valence-corrected chi connectivity index (χ1v) is 7.85. The van der Waals surface area contributed by atoms with E-state index in [0.29, 0.717) is 5.92 Å². The van der Waals surface area contributed by atoms with E-state index < -0.39 is 6.10 Å². The molecule has 1 aromatic heterocycles. The van der Waals surface area contributed by atoms with Crippen molar-refractivity contribution in [2.24, 2.45) is 5.92 Å². The van der Waals surface area contributed by atoms with E-state index in [2.05, 4.69) is 4.98 Å². The van der Waals surface area contributed by atoms with Crippen LogP contribution in [0, 0.1) is 5.92 Å². The summed E-state index contributed by atoms with van der Waals surface area (Å²) in [6.07, 6.45) is 9.03. The summed E-state index contributed by atoms with van der Waals surface area (Å²) in [6.45, 7) is 0. The zero-order chi connectivity index (χ0) is 14.7. The molecule has 2 unspecified atom stereocenters. The summed E-state index contributed by atoms with van der Waals surface area (Å²) in [4.78, 5) is 4.16. The Morgan fingerprint density at radius 3 is 2.76 bits per heavy atom. The Hall–Kier alpha value is -1.45. The minimum Gasteiger partial charge on any atom is -0.386 e. The van der Waals surface area contributed by atoms with Crippen LogP contribution in [0.2, 0.25) is 0 Å². The van der Waals surface area contributed by atoms with Gasteiger partial charge in [-0.3, -0.25) is 4.98 Å². The van der Waals surface area contributed by atoms with Gasteiger partial charge in [0.2, 0.25) is 0 Å². The van der Waals surface area contributed by atoms with E-state index in [1.54, 1.807) is 13.3 Å².